The van der Waals surface area contributed by atoms with Gasteiger partial charge in [0.15, 0.2) is 0 Å². The molecule has 192 valence electrons. The third-order valence-electron chi connectivity index (χ3n) is 6.68. The number of hydrogen-bond acceptors (Lipinski definition) is 7. The zero-order valence-electron chi connectivity index (χ0n) is 21.1. The normalized spacial score (nSPS) is 13.5. The molecule has 2 amide bonds. The van der Waals surface area contributed by atoms with Crippen LogP contribution in [0.5, 0.6) is 17.2 Å². The van der Waals surface area contributed by atoms with Crippen LogP contribution in [0.15, 0.2) is 76.1 Å². The van der Waals surface area contributed by atoms with Crippen LogP contribution in [0.3, 0.4) is 0 Å². The quantitative estimate of drug-likeness (QED) is 0.176. The van der Waals surface area contributed by atoms with Gasteiger partial charge in [0, 0.05) is 12.1 Å². The summed E-state index contributed by atoms with van der Waals surface area (Å²) in [5.41, 5.74) is 1.37. The number of ether oxygens (including phenoxy) is 2. The Morgan fingerprint density at radius 3 is 2.45 bits per heavy atom. The van der Waals surface area contributed by atoms with E-state index in [9.17, 15) is 19.2 Å². The van der Waals surface area contributed by atoms with E-state index in [-0.39, 0.29) is 56.5 Å². The minimum absolute atomic E-state index is 0.0481. The molecule has 2 heterocycles. The van der Waals surface area contributed by atoms with Crippen LogP contribution in [0.1, 0.15) is 63.8 Å². The molecule has 8 heteroatoms. The highest BCUT2D eigenvalue weighted by atomic mass is 16.5. The molecule has 1 unspecified atom stereocenters. The molecular weight excluding hydrogens is 486 g/mol. The van der Waals surface area contributed by atoms with Crippen LogP contribution in [-0.4, -0.2) is 28.7 Å². The van der Waals surface area contributed by atoms with Gasteiger partial charge in [0.1, 0.15) is 23.3 Å². The number of carbonyl (C=O) groups is 3. The van der Waals surface area contributed by atoms with Gasteiger partial charge < -0.3 is 13.9 Å². The summed E-state index contributed by atoms with van der Waals surface area (Å²) in [7, 11) is 0. The Labute approximate surface area is 218 Å². The predicted molar refractivity (Wildman–Crippen MR) is 140 cm³/mol. The number of carbonyl (C=O) groups excluding carboxylic acids is 3. The van der Waals surface area contributed by atoms with Gasteiger partial charge in [-0.2, -0.15) is 0 Å². The highest BCUT2D eigenvalue weighted by Crippen LogP contribution is 2.29. The first-order chi connectivity index (χ1) is 18.3. The van der Waals surface area contributed by atoms with E-state index >= 15 is 0 Å². The lowest BCUT2D eigenvalue weighted by Gasteiger charge is -2.20. The van der Waals surface area contributed by atoms with Gasteiger partial charge in [-0.1, -0.05) is 32.0 Å². The van der Waals surface area contributed by atoms with E-state index in [1.54, 1.807) is 13.0 Å². The molecule has 3 aromatic carbocycles. The van der Waals surface area contributed by atoms with Crippen LogP contribution < -0.4 is 14.9 Å². The van der Waals surface area contributed by atoms with Crippen molar-refractivity contribution in [3.63, 3.8) is 0 Å². The fourth-order valence-electron chi connectivity index (χ4n) is 4.37. The van der Waals surface area contributed by atoms with Crippen molar-refractivity contribution in [1.29, 1.82) is 0 Å². The van der Waals surface area contributed by atoms with E-state index in [1.807, 2.05) is 32.0 Å². The van der Waals surface area contributed by atoms with Crippen LogP contribution in [0.2, 0.25) is 0 Å². The number of aryl methyl sites for hydroxylation is 1. The fraction of sp³-hybridized carbons (Fsp3) is 0.200. The SMILES string of the molecule is CCc1ccccc1Oc1coc2cc(OC(=O)c3ccc4c(c3)C(=O)N(C(C)CC)C4=O)ccc2c1=O. The molecule has 0 fully saturated rings. The summed E-state index contributed by atoms with van der Waals surface area (Å²) >= 11 is 0. The first-order valence-electron chi connectivity index (χ1n) is 12.4. The Kier molecular flexibility index (Phi) is 6.55. The van der Waals surface area contributed by atoms with Gasteiger partial charge in [0.25, 0.3) is 11.8 Å². The molecule has 1 aliphatic heterocycles. The van der Waals surface area contributed by atoms with Crippen molar-refractivity contribution in [3.8, 4) is 17.2 Å². The number of fused-ring (bicyclic) bond motifs is 2. The Bertz CT molecular complexity index is 1650. The molecule has 0 radical (unpaired) electrons. The van der Waals surface area contributed by atoms with Crippen molar-refractivity contribution in [3.05, 3.63) is 99.4 Å². The number of rotatable bonds is 7. The van der Waals surface area contributed by atoms with Crippen molar-refractivity contribution in [2.75, 3.05) is 0 Å². The van der Waals surface area contributed by atoms with E-state index in [0.717, 1.165) is 12.0 Å². The number of para-hydroxylation sites is 1. The maximum absolute atomic E-state index is 13.0. The summed E-state index contributed by atoms with van der Waals surface area (Å²) in [6.45, 7) is 5.69. The van der Waals surface area contributed by atoms with Crippen molar-refractivity contribution in [2.45, 2.75) is 39.7 Å². The van der Waals surface area contributed by atoms with Gasteiger partial charge in [0.2, 0.25) is 11.2 Å². The van der Waals surface area contributed by atoms with Gasteiger partial charge in [-0.05, 0) is 61.7 Å². The smallest absolute Gasteiger partial charge is 0.343 e. The highest BCUT2D eigenvalue weighted by Gasteiger charge is 2.38. The molecule has 5 rings (SSSR count). The van der Waals surface area contributed by atoms with Crippen molar-refractivity contribution < 1.29 is 28.3 Å². The van der Waals surface area contributed by atoms with Gasteiger partial charge in [0.05, 0.1) is 22.1 Å². The number of amides is 2. The molecule has 0 N–H and O–H groups in total. The topological polar surface area (TPSA) is 103 Å². The number of benzene rings is 3. The van der Waals surface area contributed by atoms with Crippen molar-refractivity contribution in [1.82, 2.24) is 4.90 Å². The second kappa shape index (κ2) is 9.97. The zero-order chi connectivity index (χ0) is 27.0. The average molecular weight is 512 g/mol. The fourth-order valence-corrected chi connectivity index (χ4v) is 4.37. The number of esters is 1. The zero-order valence-corrected chi connectivity index (χ0v) is 21.1. The molecular formula is C30H25NO7. The molecule has 4 aromatic rings. The second-order valence-electron chi connectivity index (χ2n) is 9.04. The first-order valence-corrected chi connectivity index (χ1v) is 12.4. The summed E-state index contributed by atoms with van der Waals surface area (Å²) in [6, 6.07) is 15.9. The van der Waals surface area contributed by atoms with Gasteiger partial charge >= 0.3 is 5.97 Å². The summed E-state index contributed by atoms with van der Waals surface area (Å²) < 4.78 is 16.9. The summed E-state index contributed by atoms with van der Waals surface area (Å²) in [5.74, 6) is -0.736. The number of imide groups is 1. The highest BCUT2D eigenvalue weighted by molar-refractivity contribution is 6.22. The number of hydrogen-bond donors (Lipinski definition) is 0. The van der Waals surface area contributed by atoms with Crippen LogP contribution in [0, 0.1) is 0 Å². The van der Waals surface area contributed by atoms with Crippen LogP contribution >= 0.6 is 0 Å². The maximum Gasteiger partial charge on any atom is 0.343 e. The Morgan fingerprint density at radius 2 is 1.68 bits per heavy atom. The molecule has 8 nitrogen and oxygen atoms in total. The minimum atomic E-state index is -0.715. The molecule has 0 saturated carbocycles. The van der Waals surface area contributed by atoms with Crippen LogP contribution in [-0.2, 0) is 6.42 Å². The van der Waals surface area contributed by atoms with Crippen LogP contribution in [0.4, 0.5) is 0 Å². The molecule has 38 heavy (non-hydrogen) atoms. The van der Waals surface area contributed by atoms with E-state index in [1.165, 1.54) is 47.6 Å². The largest absolute Gasteiger partial charge is 0.460 e. The molecule has 1 aromatic heterocycles. The second-order valence-corrected chi connectivity index (χ2v) is 9.04. The summed E-state index contributed by atoms with van der Waals surface area (Å²) in [4.78, 5) is 52.5. The van der Waals surface area contributed by atoms with E-state index in [4.69, 9.17) is 13.9 Å². The molecule has 1 atom stereocenters. The molecule has 0 saturated heterocycles. The van der Waals surface area contributed by atoms with E-state index in [0.29, 0.717) is 12.2 Å². The average Bonchev–Trinajstić information content (AvgIpc) is 3.19. The molecule has 0 bridgehead atoms. The molecule has 0 spiro atoms. The van der Waals surface area contributed by atoms with Gasteiger partial charge in [-0.3, -0.25) is 19.3 Å². The monoisotopic (exact) mass is 511 g/mol. The van der Waals surface area contributed by atoms with E-state index < -0.39 is 11.9 Å². The Hall–Kier alpha value is -4.72. The summed E-state index contributed by atoms with van der Waals surface area (Å²) in [5, 5.41) is 0.267. The lowest BCUT2D eigenvalue weighted by molar-refractivity contribution is 0.0593. The molecule has 0 aliphatic carbocycles. The van der Waals surface area contributed by atoms with Crippen molar-refractivity contribution >= 4 is 28.8 Å². The van der Waals surface area contributed by atoms with Crippen LogP contribution in [0.25, 0.3) is 11.0 Å². The first kappa shape index (κ1) is 25.0. The van der Waals surface area contributed by atoms with Gasteiger partial charge in [-0.25, -0.2) is 4.79 Å². The standard InChI is InChI=1S/C30H25NO7/c1-4-17(3)31-28(33)21-12-10-19(14-23(21)29(31)34)30(35)37-20-11-13-22-25(15-20)36-16-26(27(22)32)38-24-9-7-6-8-18(24)5-2/h6-17H,4-5H2,1-3H3. The van der Waals surface area contributed by atoms with Crippen molar-refractivity contribution in [2.24, 2.45) is 0 Å². The Balaban J connectivity index is 1.37. The summed E-state index contributed by atoms with van der Waals surface area (Å²) in [6.07, 6.45) is 2.60. The lowest BCUT2D eigenvalue weighted by atomic mass is 10.1. The lowest BCUT2D eigenvalue weighted by Crippen LogP contribution is -2.37. The molecule has 1 aliphatic rings. The maximum atomic E-state index is 13.0. The number of nitrogens with zero attached hydrogens (tertiary/aromatic N) is 1. The third-order valence-corrected chi connectivity index (χ3v) is 6.68. The van der Waals surface area contributed by atoms with Gasteiger partial charge in [-0.15, -0.1) is 0 Å². The predicted octanol–water partition coefficient (Wildman–Crippen LogP) is 5.76. The Morgan fingerprint density at radius 1 is 0.921 bits per heavy atom. The van der Waals surface area contributed by atoms with E-state index in [2.05, 4.69) is 0 Å². The third kappa shape index (κ3) is 4.34. The minimum Gasteiger partial charge on any atom is -0.460 e.